The van der Waals surface area contributed by atoms with E-state index in [1.54, 1.807) is 11.3 Å². The summed E-state index contributed by atoms with van der Waals surface area (Å²) in [6.07, 6.45) is 8.05. The van der Waals surface area contributed by atoms with Crippen LogP contribution in [0.2, 0.25) is 0 Å². The van der Waals surface area contributed by atoms with Gasteiger partial charge >= 0.3 is 0 Å². The van der Waals surface area contributed by atoms with Gasteiger partial charge in [-0.3, -0.25) is 4.79 Å². The average molecular weight is 250 g/mol. The number of aryl methyl sites for hydroxylation is 2. The summed E-state index contributed by atoms with van der Waals surface area (Å²) in [6, 6.07) is 2.17. The first kappa shape index (κ1) is 12.8. The Hall–Kier alpha value is -0.630. The van der Waals surface area contributed by atoms with E-state index in [1.807, 2.05) is 0 Å². The van der Waals surface area contributed by atoms with Gasteiger partial charge in [0.25, 0.3) is 0 Å². The third-order valence-electron chi connectivity index (χ3n) is 3.47. The van der Waals surface area contributed by atoms with Crippen molar-refractivity contribution < 1.29 is 4.79 Å². The van der Waals surface area contributed by atoms with Crippen LogP contribution in [-0.2, 0) is 12.8 Å². The maximum absolute atomic E-state index is 12.1. The molecule has 0 amide bonds. The van der Waals surface area contributed by atoms with Gasteiger partial charge in [-0.15, -0.1) is 11.3 Å². The summed E-state index contributed by atoms with van der Waals surface area (Å²) in [6.45, 7) is 4.35. The van der Waals surface area contributed by atoms with Gasteiger partial charge in [-0.2, -0.15) is 0 Å². The summed E-state index contributed by atoms with van der Waals surface area (Å²) in [5, 5.41) is 0. The second-order valence-corrected chi connectivity index (χ2v) is 6.61. The van der Waals surface area contributed by atoms with E-state index in [-0.39, 0.29) is 0 Å². The molecule has 0 aromatic carbocycles. The van der Waals surface area contributed by atoms with Gasteiger partial charge in [0.2, 0.25) is 0 Å². The van der Waals surface area contributed by atoms with Gasteiger partial charge in [-0.05, 0) is 49.7 Å². The van der Waals surface area contributed by atoms with Gasteiger partial charge in [0.1, 0.15) is 0 Å². The Morgan fingerprint density at radius 3 is 2.82 bits per heavy atom. The van der Waals surface area contributed by atoms with Gasteiger partial charge in [0.15, 0.2) is 5.78 Å². The van der Waals surface area contributed by atoms with Gasteiger partial charge in [-0.1, -0.05) is 20.3 Å². The van der Waals surface area contributed by atoms with Crippen molar-refractivity contribution in [2.75, 3.05) is 0 Å². The predicted octanol–water partition coefficient (Wildman–Crippen LogP) is 4.64. The highest BCUT2D eigenvalue weighted by Gasteiger charge is 2.16. The lowest BCUT2D eigenvalue weighted by molar-refractivity contribution is 0.0979. The number of ketones is 1. The Morgan fingerprint density at radius 1 is 1.29 bits per heavy atom. The van der Waals surface area contributed by atoms with Crippen molar-refractivity contribution in [3.63, 3.8) is 0 Å². The highest BCUT2D eigenvalue weighted by molar-refractivity contribution is 7.14. The molecule has 0 fully saturated rings. The first-order chi connectivity index (χ1) is 8.16. The van der Waals surface area contributed by atoms with Crippen molar-refractivity contribution in [2.24, 2.45) is 5.92 Å². The molecule has 0 saturated carbocycles. The van der Waals surface area contributed by atoms with Gasteiger partial charge in [0, 0.05) is 11.3 Å². The van der Waals surface area contributed by atoms with Crippen LogP contribution in [0.4, 0.5) is 0 Å². The van der Waals surface area contributed by atoms with Crippen molar-refractivity contribution >= 4 is 17.1 Å². The third-order valence-corrected chi connectivity index (χ3v) is 4.75. The highest BCUT2D eigenvalue weighted by Crippen LogP contribution is 2.30. The van der Waals surface area contributed by atoms with E-state index in [0.29, 0.717) is 11.7 Å². The van der Waals surface area contributed by atoms with Crippen molar-refractivity contribution in [2.45, 2.75) is 58.8 Å². The smallest absolute Gasteiger partial charge is 0.172 e. The molecule has 17 heavy (non-hydrogen) atoms. The van der Waals surface area contributed by atoms with Crippen LogP contribution in [0.1, 0.15) is 66.1 Å². The van der Waals surface area contributed by atoms with E-state index in [9.17, 15) is 4.79 Å². The van der Waals surface area contributed by atoms with E-state index in [2.05, 4.69) is 19.9 Å². The summed E-state index contributed by atoms with van der Waals surface area (Å²) in [4.78, 5) is 14.6. The normalized spacial score (nSPS) is 15.7. The van der Waals surface area contributed by atoms with E-state index in [1.165, 1.54) is 42.5 Å². The van der Waals surface area contributed by atoms with Crippen LogP contribution in [0, 0.1) is 5.92 Å². The minimum atomic E-state index is 0.358. The molecule has 2 heteroatoms. The van der Waals surface area contributed by atoms with Crippen LogP contribution >= 0.6 is 11.3 Å². The molecular weight excluding hydrogens is 228 g/mol. The number of Topliss-reactive ketones (excluding diaryl/α,β-unsaturated/α-hetero) is 1. The molecule has 0 bridgehead atoms. The summed E-state index contributed by atoms with van der Waals surface area (Å²) >= 11 is 1.76. The van der Waals surface area contributed by atoms with Crippen LogP contribution in [-0.4, -0.2) is 5.78 Å². The zero-order valence-electron chi connectivity index (χ0n) is 10.9. The minimum absolute atomic E-state index is 0.358. The first-order valence-corrected chi connectivity index (χ1v) is 7.63. The third kappa shape index (κ3) is 3.41. The van der Waals surface area contributed by atoms with Crippen LogP contribution < -0.4 is 0 Å². The van der Waals surface area contributed by atoms with Gasteiger partial charge < -0.3 is 0 Å². The fourth-order valence-electron chi connectivity index (χ4n) is 2.35. The summed E-state index contributed by atoms with van der Waals surface area (Å²) < 4.78 is 0. The molecule has 0 radical (unpaired) electrons. The zero-order valence-corrected chi connectivity index (χ0v) is 11.7. The van der Waals surface area contributed by atoms with Crippen LogP contribution in [0.3, 0.4) is 0 Å². The van der Waals surface area contributed by atoms with Crippen molar-refractivity contribution in [1.82, 2.24) is 0 Å². The molecule has 0 spiro atoms. The summed E-state index contributed by atoms with van der Waals surface area (Å²) in [5.74, 6) is 0.980. The molecular formula is C15H22OS. The highest BCUT2D eigenvalue weighted by atomic mass is 32.1. The van der Waals surface area contributed by atoms with Crippen molar-refractivity contribution in [3.8, 4) is 0 Å². The number of rotatable bonds is 4. The predicted molar refractivity (Wildman–Crippen MR) is 74.0 cm³/mol. The number of carbonyl (C=O) groups is 1. The maximum Gasteiger partial charge on any atom is 0.172 e. The molecule has 1 heterocycles. The number of hydrogen-bond donors (Lipinski definition) is 0. The SMILES string of the molecule is CC(C)CCC(=O)c1cc2c(s1)CCCCC2. The fourth-order valence-corrected chi connectivity index (χ4v) is 3.57. The molecule has 1 nitrogen and oxygen atoms in total. The van der Waals surface area contributed by atoms with E-state index < -0.39 is 0 Å². The number of fused-ring (bicyclic) bond motifs is 1. The van der Waals surface area contributed by atoms with Crippen molar-refractivity contribution in [1.29, 1.82) is 0 Å². The van der Waals surface area contributed by atoms with Gasteiger partial charge in [0.05, 0.1) is 4.88 Å². The maximum atomic E-state index is 12.1. The second-order valence-electron chi connectivity index (χ2n) is 5.48. The summed E-state index contributed by atoms with van der Waals surface area (Å²) in [7, 11) is 0. The summed E-state index contributed by atoms with van der Waals surface area (Å²) in [5.41, 5.74) is 1.46. The van der Waals surface area contributed by atoms with Crippen LogP contribution in [0.5, 0.6) is 0 Å². The fraction of sp³-hybridized carbons (Fsp3) is 0.667. The molecule has 0 unspecified atom stereocenters. The Balaban J connectivity index is 2.04. The molecule has 0 aliphatic heterocycles. The zero-order chi connectivity index (χ0) is 12.3. The Kier molecular flexibility index (Phi) is 4.38. The molecule has 1 aliphatic carbocycles. The molecule has 0 atom stereocenters. The monoisotopic (exact) mass is 250 g/mol. The Labute approximate surface area is 108 Å². The largest absolute Gasteiger partial charge is 0.293 e. The van der Waals surface area contributed by atoms with Crippen molar-refractivity contribution in [3.05, 3.63) is 21.4 Å². The van der Waals surface area contributed by atoms with E-state index in [4.69, 9.17) is 0 Å². The Morgan fingerprint density at radius 2 is 2.06 bits per heavy atom. The molecule has 0 N–H and O–H groups in total. The quantitative estimate of drug-likeness (QED) is 0.562. The lowest BCUT2D eigenvalue weighted by Gasteiger charge is -2.01. The number of hydrogen-bond acceptors (Lipinski definition) is 2. The van der Waals surface area contributed by atoms with Crippen LogP contribution in [0.15, 0.2) is 6.07 Å². The lowest BCUT2D eigenvalue weighted by Crippen LogP contribution is -1.98. The average Bonchev–Trinajstić information content (AvgIpc) is 2.58. The molecule has 1 aromatic rings. The molecule has 94 valence electrons. The lowest BCUT2D eigenvalue weighted by atomic mass is 10.0. The molecule has 0 saturated heterocycles. The standard InChI is InChI=1S/C15H22OS/c1-11(2)8-9-13(16)15-10-12-6-4-3-5-7-14(12)17-15/h10-11H,3-9H2,1-2H3. The molecule has 1 aliphatic rings. The molecule has 2 rings (SSSR count). The van der Waals surface area contributed by atoms with Gasteiger partial charge in [-0.25, -0.2) is 0 Å². The second kappa shape index (κ2) is 5.81. The first-order valence-electron chi connectivity index (χ1n) is 6.81. The molecule has 1 aromatic heterocycles. The van der Waals surface area contributed by atoms with Crippen LogP contribution in [0.25, 0.3) is 0 Å². The topological polar surface area (TPSA) is 17.1 Å². The number of thiophene rings is 1. The van der Waals surface area contributed by atoms with E-state index in [0.717, 1.165) is 17.7 Å². The Bertz CT molecular complexity index is 366. The minimum Gasteiger partial charge on any atom is -0.293 e. The number of carbonyl (C=O) groups excluding carboxylic acids is 1. The van der Waals surface area contributed by atoms with E-state index >= 15 is 0 Å².